The SMILES string of the molecule is CCOc1ccc(N2C(=NC(=O)Cc3ccccc3OC)S[C@@H]3CS(=O)(=O)C[C@H]32)cc1. The van der Waals surface area contributed by atoms with E-state index in [4.69, 9.17) is 9.47 Å². The molecule has 4 rings (SSSR count). The summed E-state index contributed by atoms with van der Waals surface area (Å²) in [5.41, 5.74) is 1.56. The van der Waals surface area contributed by atoms with Crippen molar-refractivity contribution in [2.24, 2.45) is 4.99 Å². The number of carbonyl (C=O) groups is 1. The summed E-state index contributed by atoms with van der Waals surface area (Å²) in [7, 11) is -1.55. The summed E-state index contributed by atoms with van der Waals surface area (Å²) >= 11 is 1.36. The Balaban J connectivity index is 1.62. The molecule has 2 aromatic carbocycles. The topological polar surface area (TPSA) is 85.3 Å². The molecule has 2 atom stereocenters. The number of methoxy groups -OCH3 is 1. The van der Waals surface area contributed by atoms with Gasteiger partial charge in [0.25, 0.3) is 5.91 Å². The Kier molecular flexibility index (Phi) is 6.24. The van der Waals surface area contributed by atoms with Gasteiger partial charge in [-0.2, -0.15) is 4.99 Å². The molecular weight excluding hydrogens is 436 g/mol. The molecule has 31 heavy (non-hydrogen) atoms. The number of carbonyl (C=O) groups excluding carboxylic acids is 1. The molecule has 0 radical (unpaired) electrons. The lowest BCUT2D eigenvalue weighted by Crippen LogP contribution is -2.37. The molecule has 1 amide bonds. The first kappa shape index (κ1) is 21.7. The number of aliphatic imine (C=N–C) groups is 1. The van der Waals surface area contributed by atoms with Crippen molar-refractivity contribution in [3.63, 3.8) is 0 Å². The van der Waals surface area contributed by atoms with Gasteiger partial charge in [0.15, 0.2) is 15.0 Å². The highest BCUT2D eigenvalue weighted by atomic mass is 32.2. The first-order chi connectivity index (χ1) is 14.9. The molecule has 2 heterocycles. The molecule has 0 N–H and O–H groups in total. The minimum absolute atomic E-state index is 0.0532. The Labute approximate surface area is 186 Å². The van der Waals surface area contributed by atoms with Crippen molar-refractivity contribution >= 4 is 38.4 Å². The lowest BCUT2D eigenvalue weighted by Gasteiger charge is -2.24. The van der Waals surface area contributed by atoms with E-state index in [0.29, 0.717) is 17.5 Å². The Morgan fingerprint density at radius 1 is 1.16 bits per heavy atom. The summed E-state index contributed by atoms with van der Waals surface area (Å²) in [5.74, 6) is 1.22. The molecule has 0 spiro atoms. The fourth-order valence-corrected chi connectivity index (χ4v) is 7.83. The highest BCUT2D eigenvalue weighted by Crippen LogP contribution is 2.41. The molecule has 7 nitrogen and oxygen atoms in total. The van der Waals surface area contributed by atoms with Gasteiger partial charge in [-0.15, -0.1) is 0 Å². The Morgan fingerprint density at radius 3 is 2.61 bits per heavy atom. The average molecular weight is 461 g/mol. The number of nitrogens with zero attached hydrogens (tertiary/aromatic N) is 2. The second-order valence-corrected chi connectivity index (χ2v) is 10.7. The van der Waals surface area contributed by atoms with Gasteiger partial charge in [0.1, 0.15) is 11.5 Å². The summed E-state index contributed by atoms with van der Waals surface area (Å²) in [6.45, 7) is 2.48. The predicted octanol–water partition coefficient (Wildman–Crippen LogP) is 2.94. The normalized spacial score (nSPS) is 23.0. The number of hydrogen-bond acceptors (Lipinski definition) is 6. The third-order valence-electron chi connectivity index (χ3n) is 5.25. The van der Waals surface area contributed by atoms with Crippen LogP contribution in [0.3, 0.4) is 0 Å². The Hall–Kier alpha value is -2.52. The van der Waals surface area contributed by atoms with Crippen LogP contribution >= 0.6 is 11.8 Å². The third kappa shape index (κ3) is 4.72. The maximum Gasteiger partial charge on any atom is 0.252 e. The number of para-hydroxylation sites is 1. The molecule has 0 aromatic heterocycles. The van der Waals surface area contributed by atoms with Crippen LogP contribution in [-0.4, -0.2) is 56.0 Å². The molecular formula is C22H24N2O5S2. The standard InChI is InChI=1S/C22H24N2O5S2/c1-3-29-17-10-8-16(9-11-17)24-18-13-31(26,27)14-20(18)30-22(24)23-21(25)12-15-6-4-5-7-19(15)28-2/h4-11,18,20H,3,12-14H2,1-2H3/t18-,20-/m1/s1. The van der Waals surface area contributed by atoms with Gasteiger partial charge < -0.3 is 14.4 Å². The maximum atomic E-state index is 12.8. The van der Waals surface area contributed by atoms with Crippen molar-refractivity contribution in [2.75, 3.05) is 30.1 Å². The molecule has 0 saturated carbocycles. The molecule has 2 fully saturated rings. The highest BCUT2D eigenvalue weighted by molar-refractivity contribution is 8.16. The molecule has 2 saturated heterocycles. The highest BCUT2D eigenvalue weighted by Gasteiger charge is 2.49. The van der Waals surface area contributed by atoms with Crippen molar-refractivity contribution in [3.05, 3.63) is 54.1 Å². The molecule has 2 aromatic rings. The van der Waals surface area contributed by atoms with Crippen LogP contribution in [0.2, 0.25) is 0 Å². The summed E-state index contributed by atoms with van der Waals surface area (Å²) in [4.78, 5) is 19.0. The zero-order valence-corrected chi connectivity index (χ0v) is 19.0. The molecule has 164 valence electrons. The number of benzene rings is 2. The van der Waals surface area contributed by atoms with E-state index in [0.717, 1.165) is 17.0 Å². The number of fused-ring (bicyclic) bond motifs is 1. The van der Waals surface area contributed by atoms with Gasteiger partial charge >= 0.3 is 0 Å². The largest absolute Gasteiger partial charge is 0.496 e. The number of amidine groups is 1. The second-order valence-electron chi connectivity index (χ2n) is 7.37. The number of anilines is 1. The van der Waals surface area contributed by atoms with E-state index in [1.807, 2.05) is 60.4 Å². The van der Waals surface area contributed by atoms with Gasteiger partial charge in [-0.3, -0.25) is 4.79 Å². The molecule has 2 aliphatic rings. The maximum absolute atomic E-state index is 12.8. The lowest BCUT2D eigenvalue weighted by atomic mass is 10.1. The average Bonchev–Trinajstić information content (AvgIpc) is 3.20. The van der Waals surface area contributed by atoms with E-state index < -0.39 is 9.84 Å². The number of ether oxygens (including phenoxy) is 2. The van der Waals surface area contributed by atoms with Gasteiger partial charge in [-0.1, -0.05) is 30.0 Å². The molecule has 9 heteroatoms. The zero-order chi connectivity index (χ0) is 22.0. The van der Waals surface area contributed by atoms with Gasteiger partial charge in [0.05, 0.1) is 37.7 Å². The van der Waals surface area contributed by atoms with Crippen LogP contribution in [0.4, 0.5) is 5.69 Å². The molecule has 0 aliphatic carbocycles. The lowest BCUT2D eigenvalue weighted by molar-refractivity contribution is -0.117. The smallest absolute Gasteiger partial charge is 0.252 e. The van der Waals surface area contributed by atoms with Crippen molar-refractivity contribution < 1.29 is 22.7 Å². The van der Waals surface area contributed by atoms with Gasteiger partial charge in [0, 0.05) is 16.5 Å². The molecule has 0 bridgehead atoms. The van der Waals surface area contributed by atoms with Crippen molar-refractivity contribution in [2.45, 2.75) is 24.6 Å². The van der Waals surface area contributed by atoms with Crippen LogP contribution in [0.5, 0.6) is 11.5 Å². The minimum Gasteiger partial charge on any atom is -0.496 e. The van der Waals surface area contributed by atoms with Crippen LogP contribution in [0.25, 0.3) is 0 Å². The number of thioether (sulfide) groups is 1. The number of rotatable bonds is 6. The zero-order valence-electron chi connectivity index (χ0n) is 17.4. The Morgan fingerprint density at radius 2 is 1.90 bits per heavy atom. The third-order valence-corrected chi connectivity index (χ3v) is 8.46. The van der Waals surface area contributed by atoms with Gasteiger partial charge in [-0.05, 0) is 37.3 Å². The fourth-order valence-electron chi connectivity index (χ4n) is 3.89. The minimum atomic E-state index is -3.12. The quantitative estimate of drug-likeness (QED) is 0.655. The fraction of sp³-hybridized carbons (Fsp3) is 0.364. The molecule has 0 unspecified atom stereocenters. The number of amides is 1. The monoisotopic (exact) mass is 460 g/mol. The Bertz CT molecular complexity index is 1100. The van der Waals surface area contributed by atoms with E-state index in [1.165, 1.54) is 11.8 Å². The van der Waals surface area contributed by atoms with E-state index in [-0.39, 0.29) is 35.1 Å². The van der Waals surface area contributed by atoms with Crippen LogP contribution < -0.4 is 14.4 Å². The van der Waals surface area contributed by atoms with E-state index in [2.05, 4.69) is 4.99 Å². The van der Waals surface area contributed by atoms with Crippen molar-refractivity contribution in [1.82, 2.24) is 0 Å². The molecule has 2 aliphatic heterocycles. The summed E-state index contributed by atoms with van der Waals surface area (Å²) in [6.07, 6.45) is 0.110. The van der Waals surface area contributed by atoms with Gasteiger partial charge in [0.2, 0.25) is 0 Å². The van der Waals surface area contributed by atoms with Crippen LogP contribution in [-0.2, 0) is 21.1 Å². The first-order valence-electron chi connectivity index (χ1n) is 10.0. The first-order valence-corrected chi connectivity index (χ1v) is 12.7. The van der Waals surface area contributed by atoms with E-state index in [1.54, 1.807) is 7.11 Å². The number of hydrogen-bond donors (Lipinski definition) is 0. The second kappa shape index (κ2) is 8.92. The van der Waals surface area contributed by atoms with Gasteiger partial charge in [-0.25, -0.2) is 8.42 Å². The van der Waals surface area contributed by atoms with Crippen LogP contribution in [0.15, 0.2) is 53.5 Å². The summed E-state index contributed by atoms with van der Waals surface area (Å²) in [6, 6.07) is 14.5. The van der Waals surface area contributed by atoms with Crippen molar-refractivity contribution in [3.8, 4) is 11.5 Å². The van der Waals surface area contributed by atoms with E-state index >= 15 is 0 Å². The predicted molar refractivity (Wildman–Crippen MR) is 123 cm³/mol. The van der Waals surface area contributed by atoms with Crippen LogP contribution in [0, 0.1) is 0 Å². The van der Waals surface area contributed by atoms with Crippen molar-refractivity contribution in [1.29, 1.82) is 0 Å². The van der Waals surface area contributed by atoms with Crippen LogP contribution in [0.1, 0.15) is 12.5 Å². The van der Waals surface area contributed by atoms with E-state index in [9.17, 15) is 13.2 Å². The summed E-state index contributed by atoms with van der Waals surface area (Å²) in [5, 5.41) is 0.392. The summed E-state index contributed by atoms with van der Waals surface area (Å²) < 4.78 is 35.3. The number of sulfone groups is 1.